The van der Waals surface area contributed by atoms with Crippen LogP contribution in [0.25, 0.3) is 0 Å². The number of nitrogens with one attached hydrogen (secondary N) is 3. The summed E-state index contributed by atoms with van der Waals surface area (Å²) >= 11 is 0. The minimum atomic E-state index is -0.429. The first-order valence-corrected chi connectivity index (χ1v) is 6.45. The van der Waals surface area contributed by atoms with Crippen molar-refractivity contribution >= 4 is 23.3 Å². The quantitative estimate of drug-likeness (QED) is 0.804. The van der Waals surface area contributed by atoms with E-state index >= 15 is 0 Å². The number of pyridine rings is 1. The van der Waals surface area contributed by atoms with E-state index in [-0.39, 0.29) is 12.5 Å². The van der Waals surface area contributed by atoms with E-state index < -0.39 is 6.03 Å². The summed E-state index contributed by atoms with van der Waals surface area (Å²) in [7, 11) is 0. The van der Waals surface area contributed by atoms with Crippen molar-refractivity contribution in [2.45, 2.75) is 6.92 Å². The van der Waals surface area contributed by atoms with Crippen LogP contribution in [0.1, 0.15) is 5.56 Å². The fraction of sp³-hybridized carbons (Fsp3) is 0.133. The molecular formula is C15H16N4O2. The van der Waals surface area contributed by atoms with Crippen LogP contribution >= 0.6 is 0 Å². The van der Waals surface area contributed by atoms with Crippen LogP contribution in [0.4, 0.5) is 16.2 Å². The van der Waals surface area contributed by atoms with Gasteiger partial charge in [-0.1, -0.05) is 12.1 Å². The Morgan fingerprint density at radius 2 is 1.90 bits per heavy atom. The van der Waals surface area contributed by atoms with Gasteiger partial charge in [0.2, 0.25) is 5.91 Å². The van der Waals surface area contributed by atoms with Gasteiger partial charge >= 0.3 is 6.03 Å². The molecule has 2 aromatic rings. The van der Waals surface area contributed by atoms with Crippen molar-refractivity contribution in [3.05, 3.63) is 54.4 Å². The van der Waals surface area contributed by atoms with E-state index in [2.05, 4.69) is 20.9 Å². The molecule has 6 heteroatoms. The van der Waals surface area contributed by atoms with E-state index in [1.807, 2.05) is 25.1 Å². The van der Waals surface area contributed by atoms with E-state index in [1.165, 1.54) is 6.20 Å². The molecule has 0 radical (unpaired) electrons. The second-order valence-corrected chi connectivity index (χ2v) is 4.47. The number of carbonyl (C=O) groups is 2. The Bertz CT molecular complexity index is 629. The average molecular weight is 284 g/mol. The summed E-state index contributed by atoms with van der Waals surface area (Å²) in [5, 5.41) is 7.77. The summed E-state index contributed by atoms with van der Waals surface area (Å²) in [6.45, 7) is 1.82. The summed E-state index contributed by atoms with van der Waals surface area (Å²) in [5.41, 5.74) is 2.31. The van der Waals surface area contributed by atoms with Crippen molar-refractivity contribution in [3.63, 3.8) is 0 Å². The fourth-order valence-electron chi connectivity index (χ4n) is 1.70. The molecule has 21 heavy (non-hydrogen) atoms. The molecule has 0 aliphatic rings. The molecule has 2 rings (SSSR count). The molecule has 0 atom stereocenters. The van der Waals surface area contributed by atoms with Crippen LogP contribution in [-0.2, 0) is 4.79 Å². The van der Waals surface area contributed by atoms with Gasteiger partial charge in [-0.25, -0.2) is 4.79 Å². The van der Waals surface area contributed by atoms with E-state index in [0.29, 0.717) is 11.4 Å². The highest BCUT2D eigenvalue weighted by molar-refractivity contribution is 5.96. The number of hydrogen-bond donors (Lipinski definition) is 3. The van der Waals surface area contributed by atoms with Gasteiger partial charge in [-0.3, -0.25) is 9.78 Å². The Kier molecular flexibility index (Phi) is 4.87. The van der Waals surface area contributed by atoms with Crippen molar-refractivity contribution in [3.8, 4) is 0 Å². The van der Waals surface area contributed by atoms with Gasteiger partial charge in [0.15, 0.2) is 0 Å². The first kappa shape index (κ1) is 14.5. The normalized spacial score (nSPS) is 9.76. The number of hydrogen-bond acceptors (Lipinski definition) is 3. The van der Waals surface area contributed by atoms with Gasteiger partial charge in [0.1, 0.15) is 0 Å². The molecule has 0 aliphatic carbocycles. The maximum Gasteiger partial charge on any atom is 0.319 e. The minimum Gasteiger partial charge on any atom is -0.329 e. The third kappa shape index (κ3) is 4.94. The van der Waals surface area contributed by atoms with E-state index in [4.69, 9.17) is 0 Å². The summed E-state index contributed by atoms with van der Waals surface area (Å²) in [5.74, 6) is -0.317. The molecule has 6 nitrogen and oxygen atoms in total. The largest absolute Gasteiger partial charge is 0.329 e. The monoisotopic (exact) mass is 284 g/mol. The molecule has 0 aliphatic heterocycles. The zero-order valence-corrected chi connectivity index (χ0v) is 11.6. The van der Waals surface area contributed by atoms with Gasteiger partial charge in [-0.15, -0.1) is 0 Å². The third-order valence-corrected chi connectivity index (χ3v) is 2.63. The van der Waals surface area contributed by atoms with Crippen molar-refractivity contribution in [2.75, 3.05) is 17.2 Å². The van der Waals surface area contributed by atoms with E-state index in [0.717, 1.165) is 5.56 Å². The number of anilines is 2. The lowest BCUT2D eigenvalue weighted by Crippen LogP contribution is -2.35. The maximum atomic E-state index is 11.7. The number of nitrogens with zero attached hydrogens (tertiary/aromatic N) is 1. The van der Waals surface area contributed by atoms with Gasteiger partial charge in [0.25, 0.3) is 0 Å². The molecule has 3 amide bonds. The predicted molar refractivity (Wildman–Crippen MR) is 81.1 cm³/mol. The van der Waals surface area contributed by atoms with E-state index in [1.54, 1.807) is 24.4 Å². The molecule has 0 fully saturated rings. The van der Waals surface area contributed by atoms with Crippen LogP contribution in [-0.4, -0.2) is 23.5 Å². The summed E-state index contributed by atoms with van der Waals surface area (Å²) in [4.78, 5) is 27.2. The Morgan fingerprint density at radius 1 is 1.10 bits per heavy atom. The molecule has 0 bridgehead atoms. The Balaban J connectivity index is 1.77. The van der Waals surface area contributed by atoms with Crippen molar-refractivity contribution in [1.82, 2.24) is 10.3 Å². The topological polar surface area (TPSA) is 83.1 Å². The fourth-order valence-corrected chi connectivity index (χ4v) is 1.70. The third-order valence-electron chi connectivity index (χ3n) is 2.63. The lowest BCUT2D eigenvalue weighted by atomic mass is 10.2. The molecule has 3 N–H and O–H groups in total. The van der Waals surface area contributed by atoms with Crippen LogP contribution in [0.3, 0.4) is 0 Å². The van der Waals surface area contributed by atoms with Crippen molar-refractivity contribution in [2.24, 2.45) is 0 Å². The maximum absolute atomic E-state index is 11.7. The summed E-state index contributed by atoms with van der Waals surface area (Å²) in [6, 6.07) is 10.4. The first-order chi connectivity index (χ1) is 10.1. The lowest BCUT2D eigenvalue weighted by Gasteiger charge is -2.08. The number of benzene rings is 1. The molecule has 1 heterocycles. The van der Waals surface area contributed by atoms with Gasteiger partial charge in [0, 0.05) is 11.9 Å². The Hall–Kier alpha value is -2.89. The molecule has 0 saturated carbocycles. The number of carbonyl (C=O) groups excluding carboxylic acids is 2. The highest BCUT2D eigenvalue weighted by Gasteiger charge is 2.06. The SMILES string of the molecule is Cc1cccc(NC(=O)NCC(=O)Nc2cccnc2)c1. The smallest absolute Gasteiger partial charge is 0.319 e. The zero-order chi connectivity index (χ0) is 15.1. The van der Waals surface area contributed by atoms with Crippen LogP contribution in [0.15, 0.2) is 48.8 Å². The van der Waals surface area contributed by atoms with Gasteiger partial charge in [-0.05, 0) is 36.8 Å². The van der Waals surface area contributed by atoms with Crippen LogP contribution in [0.5, 0.6) is 0 Å². The highest BCUT2D eigenvalue weighted by Crippen LogP contribution is 2.08. The Labute approximate surface area is 122 Å². The van der Waals surface area contributed by atoms with Gasteiger partial charge in [0.05, 0.1) is 18.4 Å². The van der Waals surface area contributed by atoms with Crippen LogP contribution in [0, 0.1) is 6.92 Å². The van der Waals surface area contributed by atoms with Crippen LogP contribution < -0.4 is 16.0 Å². The molecule has 0 unspecified atom stereocenters. The predicted octanol–water partition coefficient (Wildman–Crippen LogP) is 2.15. The lowest BCUT2D eigenvalue weighted by molar-refractivity contribution is -0.115. The van der Waals surface area contributed by atoms with E-state index in [9.17, 15) is 9.59 Å². The number of amides is 3. The number of aromatic nitrogens is 1. The minimum absolute atomic E-state index is 0.119. The summed E-state index contributed by atoms with van der Waals surface area (Å²) in [6.07, 6.45) is 3.15. The summed E-state index contributed by atoms with van der Waals surface area (Å²) < 4.78 is 0. The molecule has 0 spiro atoms. The Morgan fingerprint density at radius 3 is 2.62 bits per heavy atom. The second kappa shape index (κ2) is 7.04. The number of urea groups is 1. The first-order valence-electron chi connectivity index (χ1n) is 6.45. The molecule has 1 aromatic carbocycles. The number of aryl methyl sites for hydroxylation is 1. The standard InChI is InChI=1S/C15H16N4O2/c1-11-4-2-5-12(8-11)19-15(21)17-10-14(20)18-13-6-3-7-16-9-13/h2-9H,10H2,1H3,(H,18,20)(H2,17,19,21). The molecule has 1 aromatic heterocycles. The highest BCUT2D eigenvalue weighted by atomic mass is 16.2. The van der Waals surface area contributed by atoms with Gasteiger partial charge < -0.3 is 16.0 Å². The van der Waals surface area contributed by atoms with Crippen molar-refractivity contribution in [1.29, 1.82) is 0 Å². The molecular weight excluding hydrogens is 268 g/mol. The zero-order valence-electron chi connectivity index (χ0n) is 11.6. The second-order valence-electron chi connectivity index (χ2n) is 4.47. The average Bonchev–Trinajstić information content (AvgIpc) is 2.46. The molecule has 108 valence electrons. The van der Waals surface area contributed by atoms with Crippen molar-refractivity contribution < 1.29 is 9.59 Å². The molecule has 0 saturated heterocycles. The van der Waals surface area contributed by atoms with Crippen LogP contribution in [0.2, 0.25) is 0 Å². The number of rotatable bonds is 4. The van der Waals surface area contributed by atoms with Gasteiger partial charge in [-0.2, -0.15) is 0 Å².